The summed E-state index contributed by atoms with van der Waals surface area (Å²) in [5.41, 5.74) is 2.15. The van der Waals surface area contributed by atoms with Gasteiger partial charge < -0.3 is 5.32 Å². The van der Waals surface area contributed by atoms with Gasteiger partial charge in [0.2, 0.25) is 0 Å². The molecule has 1 aromatic carbocycles. The van der Waals surface area contributed by atoms with Crippen LogP contribution in [0.15, 0.2) is 30.3 Å². The van der Waals surface area contributed by atoms with Gasteiger partial charge in [-0.2, -0.15) is 0 Å². The summed E-state index contributed by atoms with van der Waals surface area (Å²) in [4.78, 5) is 7.14. The van der Waals surface area contributed by atoms with Crippen LogP contribution in [0.5, 0.6) is 0 Å². The van der Waals surface area contributed by atoms with Crippen LogP contribution in [0.2, 0.25) is 5.15 Å². The maximum Gasteiger partial charge on any atom is 0.134 e. The van der Waals surface area contributed by atoms with Crippen LogP contribution in [0.4, 0.5) is 0 Å². The lowest BCUT2D eigenvalue weighted by Crippen LogP contribution is -2.45. The van der Waals surface area contributed by atoms with Gasteiger partial charge in [0.15, 0.2) is 0 Å². The van der Waals surface area contributed by atoms with E-state index in [0.29, 0.717) is 11.2 Å². The van der Waals surface area contributed by atoms with Gasteiger partial charge in [0.1, 0.15) is 5.15 Å². The first kappa shape index (κ1) is 20.5. The van der Waals surface area contributed by atoms with E-state index < -0.39 is 0 Å². The maximum absolute atomic E-state index is 6.50. The molecule has 0 radical (unpaired) electrons. The first-order valence-corrected chi connectivity index (χ1v) is 8.17. The third-order valence-corrected chi connectivity index (χ3v) is 4.52. The van der Waals surface area contributed by atoms with Gasteiger partial charge in [0, 0.05) is 43.2 Å². The molecule has 3 nitrogen and oxygen atoms in total. The monoisotopic (exact) mass is 375 g/mol. The number of aromatic nitrogens is 1. The first-order chi connectivity index (χ1) is 10.3. The Balaban J connectivity index is 0.00000132. The third kappa shape index (κ3) is 4.71. The minimum atomic E-state index is 0. The second kappa shape index (κ2) is 9.65. The largest absolute Gasteiger partial charge is 0.314 e. The predicted molar refractivity (Wildman–Crippen MR) is 103 cm³/mol. The van der Waals surface area contributed by atoms with Crippen LogP contribution in [0.25, 0.3) is 10.9 Å². The Bertz CT molecular complexity index is 615. The number of piperazine rings is 1. The molecular weight excluding hydrogens is 353 g/mol. The highest BCUT2D eigenvalue weighted by atomic mass is 35.5. The minimum absolute atomic E-state index is 0. The molecular formula is C17H24Cl3N3. The average Bonchev–Trinajstić information content (AvgIpc) is 2.53. The van der Waals surface area contributed by atoms with Crippen LogP contribution in [0.1, 0.15) is 31.4 Å². The van der Waals surface area contributed by atoms with Crippen molar-refractivity contribution in [2.45, 2.75) is 25.8 Å². The Kier molecular flexibility index (Phi) is 8.59. The van der Waals surface area contributed by atoms with E-state index in [2.05, 4.69) is 40.3 Å². The van der Waals surface area contributed by atoms with Crippen LogP contribution >= 0.6 is 36.4 Å². The highest BCUT2D eigenvalue weighted by Crippen LogP contribution is 2.32. The standard InChI is InChI=1S/C17H22ClN3.2ClH/c1-2-5-16(21-10-8-19-9-11-21)14-12-13-6-3-4-7-15(13)20-17(14)18;;/h3-4,6-7,12,16,19H,2,5,8-11H2,1H3;2*1H/t16-;;/m0../s1. The zero-order chi connectivity index (χ0) is 14.7. The summed E-state index contributed by atoms with van der Waals surface area (Å²) in [5, 5.41) is 5.25. The highest BCUT2D eigenvalue weighted by Gasteiger charge is 2.24. The quantitative estimate of drug-likeness (QED) is 0.798. The van der Waals surface area contributed by atoms with Crippen molar-refractivity contribution in [3.8, 4) is 0 Å². The fraction of sp³-hybridized carbons (Fsp3) is 0.471. The van der Waals surface area contributed by atoms with Crippen LogP contribution in [-0.4, -0.2) is 36.1 Å². The number of hydrogen-bond acceptors (Lipinski definition) is 3. The van der Waals surface area contributed by atoms with Gasteiger partial charge in [-0.1, -0.05) is 43.1 Å². The van der Waals surface area contributed by atoms with E-state index in [1.165, 1.54) is 10.9 Å². The normalized spacial score (nSPS) is 16.4. The maximum atomic E-state index is 6.50. The molecule has 0 bridgehead atoms. The zero-order valence-electron chi connectivity index (χ0n) is 13.3. The molecule has 1 atom stereocenters. The highest BCUT2D eigenvalue weighted by molar-refractivity contribution is 6.30. The molecule has 1 aliphatic heterocycles. The summed E-state index contributed by atoms with van der Waals surface area (Å²) in [6.45, 7) is 6.50. The second-order valence-electron chi connectivity index (χ2n) is 5.65. The molecule has 0 unspecified atom stereocenters. The van der Waals surface area contributed by atoms with E-state index in [-0.39, 0.29) is 24.8 Å². The summed E-state index contributed by atoms with van der Waals surface area (Å²) >= 11 is 6.50. The van der Waals surface area contributed by atoms with Crippen LogP contribution in [-0.2, 0) is 0 Å². The number of hydrogen-bond donors (Lipinski definition) is 1. The molecule has 0 spiro atoms. The summed E-state index contributed by atoms with van der Waals surface area (Å²) in [7, 11) is 0. The molecule has 128 valence electrons. The molecule has 3 rings (SSSR count). The molecule has 1 aromatic heterocycles. The number of benzene rings is 1. The molecule has 1 saturated heterocycles. The van der Waals surface area contributed by atoms with Crippen LogP contribution in [0, 0.1) is 0 Å². The Morgan fingerprint density at radius 2 is 1.91 bits per heavy atom. The van der Waals surface area contributed by atoms with Gasteiger partial charge in [0.25, 0.3) is 0 Å². The molecule has 23 heavy (non-hydrogen) atoms. The third-order valence-electron chi connectivity index (χ3n) is 4.22. The van der Waals surface area contributed by atoms with E-state index in [1.807, 2.05) is 12.1 Å². The molecule has 1 aliphatic rings. The fourth-order valence-electron chi connectivity index (χ4n) is 3.14. The number of pyridine rings is 1. The van der Waals surface area contributed by atoms with E-state index >= 15 is 0 Å². The first-order valence-electron chi connectivity index (χ1n) is 7.79. The van der Waals surface area contributed by atoms with E-state index in [0.717, 1.165) is 44.5 Å². The van der Waals surface area contributed by atoms with Gasteiger partial charge in [-0.05, 0) is 18.6 Å². The van der Waals surface area contributed by atoms with E-state index in [4.69, 9.17) is 11.6 Å². The van der Waals surface area contributed by atoms with Crippen molar-refractivity contribution >= 4 is 47.3 Å². The number of para-hydroxylation sites is 1. The number of halogens is 3. The minimum Gasteiger partial charge on any atom is -0.314 e. The van der Waals surface area contributed by atoms with Crippen LogP contribution in [0.3, 0.4) is 0 Å². The number of fused-ring (bicyclic) bond motifs is 1. The van der Waals surface area contributed by atoms with Crippen molar-refractivity contribution in [2.24, 2.45) is 0 Å². The Morgan fingerprint density at radius 1 is 1.22 bits per heavy atom. The van der Waals surface area contributed by atoms with Crippen molar-refractivity contribution in [3.05, 3.63) is 41.0 Å². The average molecular weight is 377 g/mol. The smallest absolute Gasteiger partial charge is 0.134 e. The molecule has 2 aromatic rings. The summed E-state index contributed by atoms with van der Waals surface area (Å²) in [6, 6.07) is 10.8. The molecule has 6 heteroatoms. The van der Waals surface area contributed by atoms with Crippen LogP contribution < -0.4 is 5.32 Å². The molecule has 0 amide bonds. The SMILES string of the molecule is CCC[C@@H](c1cc2ccccc2nc1Cl)N1CCNCC1.Cl.Cl. The fourth-order valence-corrected chi connectivity index (χ4v) is 3.42. The van der Waals surface area contributed by atoms with Gasteiger partial charge in [-0.3, -0.25) is 4.90 Å². The molecule has 0 saturated carbocycles. The van der Waals surface area contributed by atoms with Crippen molar-refractivity contribution in [3.63, 3.8) is 0 Å². The van der Waals surface area contributed by atoms with Crippen molar-refractivity contribution < 1.29 is 0 Å². The molecule has 1 N–H and O–H groups in total. The Hall–Kier alpha value is -0.580. The number of nitrogens with zero attached hydrogens (tertiary/aromatic N) is 2. The molecule has 2 heterocycles. The van der Waals surface area contributed by atoms with Crippen molar-refractivity contribution in [2.75, 3.05) is 26.2 Å². The van der Waals surface area contributed by atoms with Gasteiger partial charge >= 0.3 is 0 Å². The predicted octanol–water partition coefficient (Wildman–Crippen LogP) is 4.48. The van der Waals surface area contributed by atoms with E-state index in [1.54, 1.807) is 0 Å². The van der Waals surface area contributed by atoms with Gasteiger partial charge in [0.05, 0.1) is 5.52 Å². The lowest BCUT2D eigenvalue weighted by atomic mass is 10.00. The summed E-state index contributed by atoms with van der Waals surface area (Å²) in [5.74, 6) is 0. The second-order valence-corrected chi connectivity index (χ2v) is 6.01. The van der Waals surface area contributed by atoms with Crippen molar-refractivity contribution in [1.82, 2.24) is 15.2 Å². The summed E-state index contributed by atoms with van der Waals surface area (Å²) in [6.07, 6.45) is 2.28. The molecule has 0 aliphatic carbocycles. The van der Waals surface area contributed by atoms with Gasteiger partial charge in [-0.15, -0.1) is 24.8 Å². The Labute approximate surface area is 155 Å². The number of nitrogens with one attached hydrogen (secondary N) is 1. The van der Waals surface area contributed by atoms with Gasteiger partial charge in [-0.25, -0.2) is 4.98 Å². The summed E-state index contributed by atoms with van der Waals surface area (Å²) < 4.78 is 0. The number of rotatable bonds is 4. The topological polar surface area (TPSA) is 28.2 Å². The zero-order valence-corrected chi connectivity index (χ0v) is 15.7. The Morgan fingerprint density at radius 3 is 2.61 bits per heavy atom. The molecule has 1 fully saturated rings. The lowest BCUT2D eigenvalue weighted by molar-refractivity contribution is 0.164. The van der Waals surface area contributed by atoms with E-state index in [9.17, 15) is 0 Å². The van der Waals surface area contributed by atoms with Crippen molar-refractivity contribution in [1.29, 1.82) is 0 Å². The lowest BCUT2D eigenvalue weighted by Gasteiger charge is -2.35.